The van der Waals surface area contributed by atoms with Crippen LogP contribution in [-0.4, -0.2) is 36.7 Å². The number of fused-ring (bicyclic) bond motifs is 2. The first-order valence-electron chi connectivity index (χ1n) is 9.78. The van der Waals surface area contributed by atoms with Crippen molar-refractivity contribution in [1.29, 1.82) is 0 Å². The first kappa shape index (κ1) is 20.2. The van der Waals surface area contributed by atoms with Crippen molar-refractivity contribution in [3.8, 4) is 17.2 Å². The van der Waals surface area contributed by atoms with Gasteiger partial charge in [0, 0.05) is 18.0 Å². The highest BCUT2D eigenvalue weighted by molar-refractivity contribution is 6.35. The average molecular weight is 436 g/mol. The van der Waals surface area contributed by atoms with Crippen molar-refractivity contribution in [2.45, 2.75) is 38.8 Å². The average Bonchev–Trinajstić information content (AvgIpc) is 2.93. The molecular weight excluding hydrogens is 413 g/mol. The van der Waals surface area contributed by atoms with Crippen molar-refractivity contribution in [3.05, 3.63) is 51.5 Å². The van der Waals surface area contributed by atoms with E-state index in [1.165, 1.54) is 5.56 Å². The van der Waals surface area contributed by atoms with Crippen LogP contribution in [0, 0.1) is 0 Å². The molecule has 2 atom stereocenters. The Morgan fingerprint density at radius 1 is 1.17 bits per heavy atom. The van der Waals surface area contributed by atoms with Crippen LogP contribution >= 0.6 is 23.2 Å². The van der Waals surface area contributed by atoms with Crippen LogP contribution in [0.5, 0.6) is 17.2 Å². The molecule has 7 heteroatoms. The number of hydrogen-bond donors (Lipinski definition) is 0. The summed E-state index contributed by atoms with van der Waals surface area (Å²) in [6.45, 7) is 5.68. The van der Waals surface area contributed by atoms with Gasteiger partial charge in [-0.1, -0.05) is 23.2 Å². The summed E-state index contributed by atoms with van der Waals surface area (Å²) in [5.74, 6) is 1.90. The van der Waals surface area contributed by atoms with Crippen molar-refractivity contribution < 1.29 is 19.0 Å². The third-order valence-corrected chi connectivity index (χ3v) is 5.91. The molecule has 5 nitrogen and oxygen atoms in total. The van der Waals surface area contributed by atoms with Gasteiger partial charge in [-0.05, 0) is 61.7 Å². The third-order valence-electron chi connectivity index (χ3n) is 5.38. The van der Waals surface area contributed by atoms with Crippen LogP contribution < -0.4 is 14.2 Å². The van der Waals surface area contributed by atoms with Crippen molar-refractivity contribution in [1.82, 2.24) is 4.90 Å². The van der Waals surface area contributed by atoms with E-state index in [1.54, 1.807) is 25.1 Å². The number of rotatable bonds is 3. The maximum absolute atomic E-state index is 13.1. The Balaban J connectivity index is 1.52. The van der Waals surface area contributed by atoms with Crippen LogP contribution in [0.2, 0.25) is 10.0 Å². The number of carbonyl (C=O) groups excluding carboxylic acids is 1. The molecule has 0 spiro atoms. The van der Waals surface area contributed by atoms with E-state index in [2.05, 4.69) is 6.07 Å². The molecule has 2 aliphatic heterocycles. The lowest BCUT2D eigenvalue weighted by Gasteiger charge is -2.37. The highest BCUT2D eigenvalue weighted by Gasteiger charge is 2.32. The molecule has 0 N–H and O–H groups in total. The second-order valence-corrected chi connectivity index (χ2v) is 8.18. The lowest BCUT2D eigenvalue weighted by atomic mass is 9.92. The molecule has 0 bridgehead atoms. The van der Waals surface area contributed by atoms with Gasteiger partial charge in [-0.15, -0.1) is 0 Å². The zero-order chi connectivity index (χ0) is 20.5. The molecule has 0 unspecified atom stereocenters. The van der Waals surface area contributed by atoms with Gasteiger partial charge in [-0.25, -0.2) is 0 Å². The van der Waals surface area contributed by atoms with Crippen LogP contribution in [-0.2, 0) is 11.2 Å². The van der Waals surface area contributed by atoms with Gasteiger partial charge >= 0.3 is 0 Å². The summed E-state index contributed by atoms with van der Waals surface area (Å²) in [7, 11) is 0. The number of hydrogen-bond acceptors (Lipinski definition) is 4. The summed E-state index contributed by atoms with van der Waals surface area (Å²) >= 11 is 12.1. The second-order valence-electron chi connectivity index (χ2n) is 7.34. The minimum absolute atomic E-state index is 0.0822. The molecule has 2 aliphatic rings. The predicted octanol–water partition coefficient (Wildman–Crippen LogP) is 5.07. The fraction of sp³-hybridized carbons (Fsp3) is 0.409. The molecule has 1 amide bonds. The summed E-state index contributed by atoms with van der Waals surface area (Å²) in [5, 5.41) is 0.905. The van der Waals surface area contributed by atoms with E-state index in [9.17, 15) is 4.79 Å². The summed E-state index contributed by atoms with van der Waals surface area (Å²) in [4.78, 5) is 15.0. The van der Waals surface area contributed by atoms with E-state index in [1.807, 2.05) is 17.9 Å². The van der Waals surface area contributed by atoms with Crippen LogP contribution in [0.1, 0.15) is 37.4 Å². The fourth-order valence-electron chi connectivity index (χ4n) is 3.82. The van der Waals surface area contributed by atoms with Gasteiger partial charge in [-0.3, -0.25) is 4.79 Å². The Bertz CT molecular complexity index is 933. The molecule has 0 aromatic heterocycles. The molecule has 0 aliphatic carbocycles. The van der Waals surface area contributed by atoms with E-state index in [0.29, 0.717) is 35.6 Å². The summed E-state index contributed by atoms with van der Waals surface area (Å²) in [6, 6.07) is 8.95. The van der Waals surface area contributed by atoms with Gasteiger partial charge in [0.1, 0.15) is 5.75 Å². The van der Waals surface area contributed by atoms with Gasteiger partial charge in [0.25, 0.3) is 5.91 Å². The molecule has 2 heterocycles. The highest BCUT2D eigenvalue weighted by Crippen LogP contribution is 2.39. The number of nitrogens with zero attached hydrogens (tertiary/aromatic N) is 1. The topological polar surface area (TPSA) is 48.0 Å². The fourth-order valence-corrected chi connectivity index (χ4v) is 4.27. The SMILES string of the molecule is C[C@H](Oc1ccc(Cl)cc1Cl)C(=O)N1CCc2cc3c(cc2[C@@H]1C)OCCCO3. The first-order valence-corrected chi connectivity index (χ1v) is 10.5. The number of amides is 1. The quantitative estimate of drug-likeness (QED) is 0.675. The van der Waals surface area contributed by atoms with E-state index in [-0.39, 0.29) is 11.9 Å². The molecule has 29 heavy (non-hydrogen) atoms. The number of carbonyl (C=O) groups is 1. The normalized spacial score (nSPS) is 19.2. The zero-order valence-electron chi connectivity index (χ0n) is 16.4. The highest BCUT2D eigenvalue weighted by atomic mass is 35.5. The van der Waals surface area contributed by atoms with Crippen molar-refractivity contribution in [2.75, 3.05) is 19.8 Å². The standard InChI is InChI=1S/C22H23Cl2NO4/c1-13-17-12-21-20(27-8-3-9-28-21)10-15(17)6-7-25(13)22(26)14(2)29-19-5-4-16(23)11-18(19)24/h4-5,10-14H,3,6-9H2,1-2H3/t13-,14-/m0/s1. The molecule has 2 aromatic carbocycles. The van der Waals surface area contributed by atoms with Gasteiger partial charge < -0.3 is 19.1 Å². The van der Waals surface area contributed by atoms with Crippen LogP contribution in [0.4, 0.5) is 0 Å². The maximum atomic E-state index is 13.1. The minimum Gasteiger partial charge on any atom is -0.490 e. The summed E-state index contributed by atoms with van der Waals surface area (Å²) in [5.41, 5.74) is 2.28. The van der Waals surface area contributed by atoms with Crippen molar-refractivity contribution in [2.24, 2.45) is 0 Å². The summed E-state index contributed by atoms with van der Waals surface area (Å²) < 4.78 is 17.5. The van der Waals surface area contributed by atoms with Crippen LogP contribution in [0.25, 0.3) is 0 Å². The molecule has 0 saturated heterocycles. The first-order chi connectivity index (χ1) is 13.9. The number of ether oxygens (including phenoxy) is 3. The van der Waals surface area contributed by atoms with Crippen LogP contribution in [0.3, 0.4) is 0 Å². The molecular formula is C22H23Cl2NO4. The predicted molar refractivity (Wildman–Crippen MR) is 112 cm³/mol. The second kappa shape index (κ2) is 8.33. The number of benzene rings is 2. The van der Waals surface area contributed by atoms with Gasteiger partial charge in [-0.2, -0.15) is 0 Å². The molecule has 154 valence electrons. The molecule has 0 radical (unpaired) electrons. The summed E-state index contributed by atoms with van der Waals surface area (Å²) in [6.07, 6.45) is 0.955. The molecule has 0 fully saturated rings. The van der Waals surface area contributed by atoms with Gasteiger partial charge in [0.05, 0.1) is 24.3 Å². The largest absolute Gasteiger partial charge is 0.490 e. The van der Waals surface area contributed by atoms with E-state index < -0.39 is 6.10 Å². The molecule has 2 aromatic rings. The lowest BCUT2D eigenvalue weighted by molar-refractivity contribution is -0.140. The lowest BCUT2D eigenvalue weighted by Crippen LogP contribution is -2.45. The monoisotopic (exact) mass is 435 g/mol. The Labute approximate surface area is 180 Å². The van der Waals surface area contributed by atoms with E-state index in [0.717, 1.165) is 29.9 Å². The van der Waals surface area contributed by atoms with Crippen molar-refractivity contribution in [3.63, 3.8) is 0 Å². The Kier molecular flexibility index (Phi) is 5.79. The third kappa shape index (κ3) is 4.12. The zero-order valence-corrected chi connectivity index (χ0v) is 17.9. The van der Waals surface area contributed by atoms with E-state index >= 15 is 0 Å². The maximum Gasteiger partial charge on any atom is 0.263 e. The van der Waals surface area contributed by atoms with Crippen LogP contribution in [0.15, 0.2) is 30.3 Å². The van der Waals surface area contributed by atoms with Crippen molar-refractivity contribution >= 4 is 29.1 Å². The van der Waals surface area contributed by atoms with E-state index in [4.69, 9.17) is 37.4 Å². The Hall–Kier alpha value is -2.11. The number of halogens is 2. The smallest absolute Gasteiger partial charge is 0.263 e. The van der Waals surface area contributed by atoms with Gasteiger partial charge in [0.2, 0.25) is 0 Å². The Morgan fingerprint density at radius 2 is 1.90 bits per heavy atom. The molecule has 4 rings (SSSR count). The minimum atomic E-state index is -0.668. The Morgan fingerprint density at radius 3 is 2.62 bits per heavy atom. The molecule has 0 saturated carbocycles. The van der Waals surface area contributed by atoms with Gasteiger partial charge in [0.15, 0.2) is 17.6 Å².